The highest BCUT2D eigenvalue weighted by atomic mass is 16.6. The first kappa shape index (κ1) is 10.4. The molecule has 0 spiro atoms. The number of nitrogens with zero attached hydrogens (tertiary/aromatic N) is 2. The Labute approximate surface area is 82.3 Å². The SMILES string of the molecule is CCCNc1cc([N+](=O)[O-])cc(C)n1. The normalized spacial score (nSPS) is 9.86. The molecule has 1 rings (SSSR count). The monoisotopic (exact) mass is 195 g/mol. The maximum Gasteiger partial charge on any atom is 0.274 e. The molecule has 0 unspecified atom stereocenters. The third-order valence-corrected chi connectivity index (χ3v) is 1.71. The van der Waals surface area contributed by atoms with Crippen LogP contribution in [0.15, 0.2) is 12.1 Å². The Morgan fingerprint density at radius 2 is 2.29 bits per heavy atom. The smallest absolute Gasteiger partial charge is 0.274 e. The lowest BCUT2D eigenvalue weighted by molar-refractivity contribution is -0.384. The number of nitrogens with one attached hydrogen (secondary N) is 1. The van der Waals surface area contributed by atoms with Crippen molar-refractivity contribution in [2.75, 3.05) is 11.9 Å². The van der Waals surface area contributed by atoms with Gasteiger partial charge in [-0.15, -0.1) is 0 Å². The fraction of sp³-hybridized carbons (Fsp3) is 0.444. The Hall–Kier alpha value is -1.65. The number of anilines is 1. The van der Waals surface area contributed by atoms with Gasteiger partial charge >= 0.3 is 0 Å². The Bertz CT molecular complexity index is 339. The minimum absolute atomic E-state index is 0.0797. The van der Waals surface area contributed by atoms with Crippen molar-refractivity contribution in [2.45, 2.75) is 20.3 Å². The third kappa shape index (κ3) is 2.69. The van der Waals surface area contributed by atoms with Crippen molar-refractivity contribution in [3.8, 4) is 0 Å². The van der Waals surface area contributed by atoms with E-state index in [0.29, 0.717) is 11.5 Å². The number of rotatable bonds is 4. The van der Waals surface area contributed by atoms with Crippen molar-refractivity contribution in [1.82, 2.24) is 4.98 Å². The second-order valence-corrected chi connectivity index (χ2v) is 3.04. The van der Waals surface area contributed by atoms with E-state index in [1.54, 1.807) is 6.92 Å². The average molecular weight is 195 g/mol. The molecule has 0 saturated heterocycles. The number of nitro groups is 1. The fourth-order valence-electron chi connectivity index (χ4n) is 1.10. The van der Waals surface area contributed by atoms with Crippen molar-refractivity contribution in [2.24, 2.45) is 0 Å². The zero-order valence-corrected chi connectivity index (χ0v) is 8.28. The molecule has 0 bridgehead atoms. The van der Waals surface area contributed by atoms with Gasteiger partial charge in [0.25, 0.3) is 5.69 Å². The number of pyridine rings is 1. The molecular weight excluding hydrogens is 182 g/mol. The van der Waals surface area contributed by atoms with E-state index in [4.69, 9.17) is 0 Å². The van der Waals surface area contributed by atoms with Crippen molar-refractivity contribution >= 4 is 11.5 Å². The summed E-state index contributed by atoms with van der Waals surface area (Å²) in [5, 5.41) is 13.5. The zero-order valence-electron chi connectivity index (χ0n) is 8.28. The predicted octanol–water partition coefficient (Wildman–Crippen LogP) is 2.12. The third-order valence-electron chi connectivity index (χ3n) is 1.71. The minimum atomic E-state index is -0.411. The molecule has 0 radical (unpaired) electrons. The van der Waals surface area contributed by atoms with Gasteiger partial charge in [-0.1, -0.05) is 6.92 Å². The molecule has 0 atom stereocenters. The lowest BCUT2D eigenvalue weighted by Crippen LogP contribution is -2.03. The average Bonchev–Trinajstić information content (AvgIpc) is 2.14. The van der Waals surface area contributed by atoms with Gasteiger partial charge < -0.3 is 5.32 Å². The summed E-state index contributed by atoms with van der Waals surface area (Å²) in [7, 11) is 0. The molecule has 5 nitrogen and oxygen atoms in total. The molecule has 76 valence electrons. The van der Waals surface area contributed by atoms with Crippen LogP contribution in [0.1, 0.15) is 19.0 Å². The quantitative estimate of drug-likeness (QED) is 0.590. The molecule has 0 amide bonds. The highest BCUT2D eigenvalue weighted by Crippen LogP contribution is 2.16. The summed E-state index contributed by atoms with van der Waals surface area (Å²) in [6.07, 6.45) is 0.962. The largest absolute Gasteiger partial charge is 0.370 e. The van der Waals surface area contributed by atoms with E-state index < -0.39 is 4.92 Å². The molecule has 1 aromatic heterocycles. The molecular formula is C9H13N3O2. The molecule has 0 aromatic carbocycles. The standard InChI is InChI=1S/C9H13N3O2/c1-3-4-10-9-6-8(12(13)14)5-7(2)11-9/h5-6H,3-4H2,1-2H3,(H,10,11). The molecule has 1 aromatic rings. The van der Waals surface area contributed by atoms with Crippen LogP contribution >= 0.6 is 0 Å². The van der Waals surface area contributed by atoms with Gasteiger partial charge in [0.05, 0.1) is 11.0 Å². The van der Waals surface area contributed by atoms with E-state index in [-0.39, 0.29) is 5.69 Å². The van der Waals surface area contributed by atoms with E-state index >= 15 is 0 Å². The molecule has 0 aliphatic carbocycles. The summed E-state index contributed by atoms with van der Waals surface area (Å²) in [4.78, 5) is 14.3. The second kappa shape index (κ2) is 4.55. The van der Waals surface area contributed by atoms with Crippen molar-refractivity contribution in [3.05, 3.63) is 27.9 Å². The van der Waals surface area contributed by atoms with Crippen LogP contribution in [0.3, 0.4) is 0 Å². The van der Waals surface area contributed by atoms with Crippen LogP contribution in [0, 0.1) is 17.0 Å². The zero-order chi connectivity index (χ0) is 10.6. The van der Waals surface area contributed by atoms with Gasteiger partial charge in [0, 0.05) is 18.3 Å². The highest BCUT2D eigenvalue weighted by molar-refractivity contribution is 5.46. The fourth-order valence-corrected chi connectivity index (χ4v) is 1.10. The lowest BCUT2D eigenvalue weighted by atomic mass is 10.3. The van der Waals surface area contributed by atoms with Gasteiger partial charge in [0.2, 0.25) is 0 Å². The number of aromatic nitrogens is 1. The predicted molar refractivity (Wildman–Crippen MR) is 54.4 cm³/mol. The molecule has 14 heavy (non-hydrogen) atoms. The topological polar surface area (TPSA) is 68.1 Å². The molecule has 0 fully saturated rings. The van der Waals surface area contributed by atoms with E-state index in [1.165, 1.54) is 12.1 Å². The summed E-state index contributed by atoms with van der Waals surface area (Å²) >= 11 is 0. The first-order valence-corrected chi connectivity index (χ1v) is 4.50. The first-order chi connectivity index (χ1) is 6.63. The maximum atomic E-state index is 10.5. The minimum Gasteiger partial charge on any atom is -0.370 e. The maximum absolute atomic E-state index is 10.5. The van der Waals surface area contributed by atoms with Gasteiger partial charge in [-0.2, -0.15) is 0 Å². The number of hydrogen-bond donors (Lipinski definition) is 1. The second-order valence-electron chi connectivity index (χ2n) is 3.04. The summed E-state index contributed by atoms with van der Waals surface area (Å²) in [5.41, 5.74) is 0.730. The van der Waals surface area contributed by atoms with Crippen LogP contribution in [0.5, 0.6) is 0 Å². The van der Waals surface area contributed by atoms with Crippen LogP contribution in [0.25, 0.3) is 0 Å². The van der Waals surface area contributed by atoms with Crippen LogP contribution in [-0.2, 0) is 0 Å². The van der Waals surface area contributed by atoms with E-state index in [2.05, 4.69) is 10.3 Å². The van der Waals surface area contributed by atoms with E-state index in [9.17, 15) is 10.1 Å². The number of hydrogen-bond acceptors (Lipinski definition) is 4. The van der Waals surface area contributed by atoms with Crippen LogP contribution in [-0.4, -0.2) is 16.5 Å². The van der Waals surface area contributed by atoms with E-state index in [1.807, 2.05) is 6.92 Å². The molecule has 5 heteroatoms. The summed E-state index contributed by atoms with van der Waals surface area (Å²) < 4.78 is 0. The Morgan fingerprint density at radius 1 is 1.57 bits per heavy atom. The Balaban J connectivity index is 2.89. The summed E-state index contributed by atoms with van der Waals surface area (Å²) in [5.74, 6) is 0.568. The Morgan fingerprint density at radius 3 is 2.86 bits per heavy atom. The van der Waals surface area contributed by atoms with Crippen LogP contribution in [0.2, 0.25) is 0 Å². The van der Waals surface area contributed by atoms with Gasteiger partial charge in [-0.25, -0.2) is 4.98 Å². The van der Waals surface area contributed by atoms with Crippen molar-refractivity contribution in [3.63, 3.8) is 0 Å². The molecule has 0 saturated carbocycles. The van der Waals surface area contributed by atoms with Crippen LogP contribution < -0.4 is 5.32 Å². The van der Waals surface area contributed by atoms with Gasteiger partial charge in [0.15, 0.2) is 0 Å². The van der Waals surface area contributed by atoms with Crippen molar-refractivity contribution in [1.29, 1.82) is 0 Å². The van der Waals surface area contributed by atoms with Gasteiger partial charge in [0.1, 0.15) is 5.82 Å². The van der Waals surface area contributed by atoms with Gasteiger partial charge in [-0.3, -0.25) is 10.1 Å². The van der Waals surface area contributed by atoms with E-state index in [0.717, 1.165) is 13.0 Å². The summed E-state index contributed by atoms with van der Waals surface area (Å²) in [6, 6.07) is 2.90. The number of aryl methyl sites for hydroxylation is 1. The first-order valence-electron chi connectivity index (χ1n) is 4.50. The summed E-state index contributed by atoms with van der Waals surface area (Å²) in [6.45, 7) is 4.54. The molecule has 0 aliphatic rings. The lowest BCUT2D eigenvalue weighted by Gasteiger charge is -2.04. The molecule has 1 N–H and O–H groups in total. The van der Waals surface area contributed by atoms with Crippen LogP contribution in [0.4, 0.5) is 11.5 Å². The molecule has 0 aliphatic heterocycles. The molecule has 1 heterocycles. The van der Waals surface area contributed by atoms with Gasteiger partial charge in [-0.05, 0) is 13.3 Å². The Kier molecular flexibility index (Phi) is 3.39. The highest BCUT2D eigenvalue weighted by Gasteiger charge is 2.08. The van der Waals surface area contributed by atoms with Crippen molar-refractivity contribution < 1.29 is 4.92 Å².